The van der Waals surface area contributed by atoms with Crippen LogP contribution in [0.4, 0.5) is 9.18 Å². The standard InChI is InChI=1S/C26H35FN2O4/c27-24-16-22(5-4-21(24)15-25(30)28-9-1-10-28)32-13-8-20-14-23(20)19-6-11-29(12-7-19)26(31)33-17-18-2-3-18/h4-5,16,18-20,23H,1-3,6-15,17H2. The van der Waals surface area contributed by atoms with Crippen LogP contribution in [0.25, 0.3) is 0 Å². The highest BCUT2D eigenvalue weighted by Gasteiger charge is 2.43. The number of amides is 2. The van der Waals surface area contributed by atoms with E-state index >= 15 is 0 Å². The average molecular weight is 459 g/mol. The SMILES string of the molecule is O=C(Cc1ccc(OCCC2CC2C2CCN(C(=O)OCC3CC3)CC2)cc1F)N1CCC1. The van der Waals surface area contributed by atoms with E-state index in [9.17, 15) is 14.0 Å². The van der Waals surface area contributed by atoms with E-state index in [1.54, 1.807) is 17.0 Å². The molecule has 2 unspecified atom stereocenters. The molecule has 0 spiro atoms. The molecule has 4 aliphatic rings. The van der Waals surface area contributed by atoms with Gasteiger partial charge in [-0.25, -0.2) is 9.18 Å². The molecular weight excluding hydrogens is 423 g/mol. The number of hydrogen-bond donors (Lipinski definition) is 0. The third kappa shape index (κ3) is 5.79. The van der Waals surface area contributed by atoms with Gasteiger partial charge in [0.1, 0.15) is 11.6 Å². The maximum absolute atomic E-state index is 14.4. The number of halogens is 1. The lowest BCUT2D eigenvalue weighted by Gasteiger charge is -2.31. The Balaban J connectivity index is 0.985. The Morgan fingerprint density at radius 2 is 1.82 bits per heavy atom. The van der Waals surface area contributed by atoms with Crippen LogP contribution in [0.3, 0.4) is 0 Å². The highest BCUT2D eigenvalue weighted by Crippen LogP contribution is 2.49. The van der Waals surface area contributed by atoms with Crippen LogP contribution in [-0.4, -0.2) is 61.2 Å². The van der Waals surface area contributed by atoms with Gasteiger partial charge in [-0.1, -0.05) is 6.07 Å². The number of likely N-dealkylation sites (tertiary alicyclic amines) is 2. The number of hydrogen-bond acceptors (Lipinski definition) is 4. The van der Waals surface area contributed by atoms with Crippen molar-refractivity contribution in [3.63, 3.8) is 0 Å². The second-order valence-electron chi connectivity index (χ2n) is 10.3. The number of benzene rings is 1. The van der Waals surface area contributed by atoms with Gasteiger partial charge in [0, 0.05) is 32.2 Å². The van der Waals surface area contributed by atoms with Crippen LogP contribution >= 0.6 is 0 Å². The van der Waals surface area contributed by atoms with Gasteiger partial charge >= 0.3 is 6.09 Å². The minimum absolute atomic E-state index is 0.00502. The zero-order valence-electron chi connectivity index (χ0n) is 19.3. The second-order valence-corrected chi connectivity index (χ2v) is 10.3. The van der Waals surface area contributed by atoms with Gasteiger partial charge < -0.3 is 19.3 Å². The van der Waals surface area contributed by atoms with Crippen LogP contribution in [0.15, 0.2) is 18.2 Å². The number of nitrogens with zero attached hydrogens (tertiary/aromatic N) is 2. The van der Waals surface area contributed by atoms with Crippen molar-refractivity contribution in [3.8, 4) is 5.75 Å². The summed E-state index contributed by atoms with van der Waals surface area (Å²) in [5.74, 6) is 2.84. The van der Waals surface area contributed by atoms with Gasteiger partial charge in [0.15, 0.2) is 0 Å². The fourth-order valence-corrected chi connectivity index (χ4v) is 5.19. The van der Waals surface area contributed by atoms with E-state index in [0.717, 1.165) is 57.8 Å². The topological polar surface area (TPSA) is 59.1 Å². The summed E-state index contributed by atoms with van der Waals surface area (Å²) in [6, 6.07) is 4.84. The number of piperidine rings is 1. The first-order valence-corrected chi connectivity index (χ1v) is 12.7. The molecule has 7 heteroatoms. The fraction of sp³-hybridized carbons (Fsp3) is 0.692. The van der Waals surface area contributed by atoms with E-state index in [1.807, 2.05) is 4.90 Å². The Kier molecular flexibility index (Phi) is 6.74. The van der Waals surface area contributed by atoms with Gasteiger partial charge in [0.25, 0.3) is 0 Å². The normalized spacial score (nSPS) is 24.9. The molecule has 180 valence electrons. The molecule has 0 radical (unpaired) electrons. The quantitative estimate of drug-likeness (QED) is 0.555. The lowest BCUT2D eigenvalue weighted by atomic mass is 9.91. The van der Waals surface area contributed by atoms with Gasteiger partial charge in [0.2, 0.25) is 5.91 Å². The highest BCUT2D eigenvalue weighted by atomic mass is 19.1. The van der Waals surface area contributed by atoms with E-state index in [0.29, 0.717) is 42.3 Å². The van der Waals surface area contributed by atoms with Crippen molar-refractivity contribution in [2.45, 2.75) is 51.4 Å². The van der Waals surface area contributed by atoms with E-state index in [1.165, 1.54) is 25.3 Å². The summed E-state index contributed by atoms with van der Waals surface area (Å²) in [4.78, 5) is 27.8. The predicted molar refractivity (Wildman–Crippen MR) is 121 cm³/mol. The first-order valence-electron chi connectivity index (χ1n) is 12.7. The molecule has 2 aliphatic carbocycles. The zero-order valence-corrected chi connectivity index (χ0v) is 19.3. The minimum Gasteiger partial charge on any atom is -0.493 e. The average Bonchev–Trinajstić information content (AvgIpc) is 3.69. The first-order chi connectivity index (χ1) is 16.1. The molecule has 1 aromatic rings. The van der Waals surface area contributed by atoms with Gasteiger partial charge in [-0.15, -0.1) is 0 Å². The van der Waals surface area contributed by atoms with E-state index in [-0.39, 0.29) is 24.2 Å². The highest BCUT2D eigenvalue weighted by molar-refractivity contribution is 5.79. The molecule has 6 nitrogen and oxygen atoms in total. The molecule has 0 N–H and O–H groups in total. The van der Waals surface area contributed by atoms with Crippen molar-refractivity contribution in [3.05, 3.63) is 29.6 Å². The number of carbonyl (C=O) groups is 2. The molecular formula is C26H35FN2O4. The Bertz CT molecular complexity index is 862. The summed E-state index contributed by atoms with van der Waals surface area (Å²) < 4.78 is 25.6. The van der Waals surface area contributed by atoms with Crippen molar-refractivity contribution < 1.29 is 23.5 Å². The van der Waals surface area contributed by atoms with Crippen molar-refractivity contribution in [2.75, 3.05) is 39.4 Å². The van der Waals surface area contributed by atoms with Crippen molar-refractivity contribution in [1.29, 1.82) is 0 Å². The van der Waals surface area contributed by atoms with Crippen LogP contribution in [0.5, 0.6) is 5.75 Å². The maximum atomic E-state index is 14.4. The Labute approximate surface area is 195 Å². The van der Waals surface area contributed by atoms with E-state index in [4.69, 9.17) is 9.47 Å². The van der Waals surface area contributed by atoms with Crippen LogP contribution < -0.4 is 4.74 Å². The molecule has 1 aromatic carbocycles. The van der Waals surface area contributed by atoms with Crippen molar-refractivity contribution >= 4 is 12.0 Å². The van der Waals surface area contributed by atoms with E-state index < -0.39 is 0 Å². The summed E-state index contributed by atoms with van der Waals surface area (Å²) in [7, 11) is 0. The summed E-state index contributed by atoms with van der Waals surface area (Å²) in [6.45, 7) is 4.36. The monoisotopic (exact) mass is 458 g/mol. The lowest BCUT2D eigenvalue weighted by molar-refractivity contribution is -0.133. The molecule has 2 aliphatic heterocycles. The van der Waals surface area contributed by atoms with Gasteiger partial charge in [0.05, 0.1) is 19.6 Å². The van der Waals surface area contributed by atoms with Gasteiger partial charge in [-0.2, -0.15) is 0 Å². The number of rotatable bonds is 9. The van der Waals surface area contributed by atoms with Crippen LogP contribution in [0.2, 0.25) is 0 Å². The van der Waals surface area contributed by atoms with E-state index in [2.05, 4.69) is 0 Å². The maximum Gasteiger partial charge on any atom is 0.409 e. The molecule has 2 saturated heterocycles. The molecule has 2 saturated carbocycles. The molecule has 0 aromatic heterocycles. The van der Waals surface area contributed by atoms with Crippen molar-refractivity contribution in [1.82, 2.24) is 9.80 Å². The van der Waals surface area contributed by atoms with Crippen LogP contribution in [0.1, 0.15) is 50.5 Å². The summed E-state index contributed by atoms with van der Waals surface area (Å²) in [6.07, 6.45) is 7.74. The third-order valence-corrected chi connectivity index (χ3v) is 7.85. The predicted octanol–water partition coefficient (Wildman–Crippen LogP) is 4.26. The minimum atomic E-state index is -0.368. The second kappa shape index (κ2) is 9.90. The smallest absolute Gasteiger partial charge is 0.409 e. The molecule has 2 heterocycles. The largest absolute Gasteiger partial charge is 0.493 e. The number of ether oxygens (including phenoxy) is 2. The van der Waals surface area contributed by atoms with Gasteiger partial charge in [-0.3, -0.25) is 4.79 Å². The summed E-state index contributed by atoms with van der Waals surface area (Å²) in [5, 5.41) is 0. The molecule has 0 bridgehead atoms. The third-order valence-electron chi connectivity index (χ3n) is 7.85. The van der Waals surface area contributed by atoms with Gasteiger partial charge in [-0.05, 0) is 80.2 Å². The molecule has 4 fully saturated rings. The van der Waals surface area contributed by atoms with Crippen LogP contribution in [0, 0.1) is 29.5 Å². The Morgan fingerprint density at radius 1 is 1.03 bits per heavy atom. The Hall–Kier alpha value is -2.31. The summed E-state index contributed by atoms with van der Waals surface area (Å²) >= 11 is 0. The molecule has 5 rings (SSSR count). The van der Waals surface area contributed by atoms with Crippen molar-refractivity contribution in [2.24, 2.45) is 23.7 Å². The van der Waals surface area contributed by atoms with Crippen LogP contribution in [-0.2, 0) is 16.0 Å². The molecule has 2 atom stereocenters. The Morgan fingerprint density at radius 3 is 2.48 bits per heavy atom. The molecule has 2 amide bonds. The first kappa shape index (κ1) is 22.5. The summed E-state index contributed by atoms with van der Waals surface area (Å²) in [5.41, 5.74) is 0.435. The number of carbonyl (C=O) groups excluding carboxylic acids is 2. The lowest BCUT2D eigenvalue weighted by Crippen LogP contribution is -2.42. The zero-order chi connectivity index (χ0) is 22.8. The fourth-order valence-electron chi connectivity index (χ4n) is 5.19. The molecule has 33 heavy (non-hydrogen) atoms.